The Labute approximate surface area is 243 Å². The van der Waals surface area contributed by atoms with Crippen molar-refractivity contribution in [2.75, 3.05) is 20.8 Å². The maximum absolute atomic E-state index is 13.7. The molecule has 2 heterocycles. The molecule has 0 radical (unpaired) electrons. The summed E-state index contributed by atoms with van der Waals surface area (Å²) in [5.74, 6) is 0.374. The molecule has 1 N–H and O–H groups in total. The minimum atomic E-state index is -0.690. The normalized spacial score (nSPS) is 16.0. The number of rotatable bonds is 10. The average molecular weight is 570 g/mol. The van der Waals surface area contributed by atoms with Crippen molar-refractivity contribution >= 4 is 34.5 Å². The highest BCUT2D eigenvalue weighted by molar-refractivity contribution is 8.16. The number of carbonyl (C=O) groups is 2. The second-order valence-electron chi connectivity index (χ2n) is 9.26. The van der Waals surface area contributed by atoms with Crippen molar-refractivity contribution in [2.45, 2.75) is 25.9 Å². The largest absolute Gasteiger partial charge is 0.493 e. The van der Waals surface area contributed by atoms with Crippen LogP contribution < -0.4 is 14.8 Å². The van der Waals surface area contributed by atoms with Gasteiger partial charge in [-0.1, -0.05) is 84.6 Å². The molecule has 3 aromatic rings. The number of amidine groups is 1. The van der Waals surface area contributed by atoms with Gasteiger partial charge < -0.3 is 24.4 Å². The summed E-state index contributed by atoms with van der Waals surface area (Å²) >= 11 is 1.41. The number of fused-ring (bicyclic) bond motifs is 1. The maximum Gasteiger partial charge on any atom is 0.338 e. The Morgan fingerprint density at radius 1 is 0.951 bits per heavy atom. The third-order valence-corrected chi connectivity index (χ3v) is 7.64. The molecular formula is C32H31N3O5S. The van der Waals surface area contributed by atoms with Crippen LogP contribution in [0, 0.1) is 0 Å². The molecule has 2 aliphatic rings. The lowest BCUT2D eigenvalue weighted by Crippen LogP contribution is -2.38. The summed E-state index contributed by atoms with van der Waals surface area (Å²) in [5, 5.41) is 5.57. The first kappa shape index (κ1) is 28.0. The molecule has 1 amide bonds. The first-order valence-electron chi connectivity index (χ1n) is 13.3. The first-order chi connectivity index (χ1) is 20.0. The zero-order chi connectivity index (χ0) is 28.8. The highest BCUT2D eigenvalue weighted by Crippen LogP contribution is 2.50. The number of esters is 1. The molecule has 5 rings (SSSR count). The minimum Gasteiger partial charge on any atom is -0.493 e. The smallest absolute Gasteiger partial charge is 0.338 e. The molecule has 210 valence electrons. The average Bonchev–Trinajstić information content (AvgIpc) is 3.41. The molecule has 0 spiro atoms. The Balaban J connectivity index is 1.60. The molecule has 0 saturated carbocycles. The van der Waals surface area contributed by atoms with E-state index in [1.54, 1.807) is 27.2 Å². The van der Waals surface area contributed by atoms with Crippen LogP contribution in [-0.2, 0) is 20.9 Å². The molecule has 3 aromatic carbocycles. The Kier molecular flexibility index (Phi) is 8.74. The van der Waals surface area contributed by atoms with Crippen molar-refractivity contribution < 1.29 is 23.8 Å². The van der Waals surface area contributed by atoms with Crippen molar-refractivity contribution in [1.82, 2.24) is 10.2 Å². The number of nitrogens with zero attached hydrogens (tertiary/aromatic N) is 2. The molecule has 9 heteroatoms. The SMILES string of the molecule is CCOC(=O)C1=C(c2ccccc2)N=C2SC=C(CC(=O)NCc3ccccc3)N2[C@@H]1c1cccc(OC)c1OC. The van der Waals surface area contributed by atoms with E-state index in [2.05, 4.69) is 5.32 Å². The van der Waals surface area contributed by atoms with E-state index in [0.717, 1.165) is 11.1 Å². The summed E-state index contributed by atoms with van der Waals surface area (Å²) in [7, 11) is 3.14. The maximum atomic E-state index is 13.7. The van der Waals surface area contributed by atoms with E-state index in [9.17, 15) is 9.59 Å². The topological polar surface area (TPSA) is 89.5 Å². The summed E-state index contributed by atoms with van der Waals surface area (Å²) in [5.41, 5.74) is 4.06. The van der Waals surface area contributed by atoms with Gasteiger partial charge in [0.25, 0.3) is 0 Å². The molecule has 2 aliphatic heterocycles. The van der Waals surface area contributed by atoms with E-state index in [0.29, 0.717) is 45.7 Å². The van der Waals surface area contributed by atoms with Crippen molar-refractivity contribution in [3.8, 4) is 11.5 Å². The molecule has 0 saturated heterocycles. The zero-order valence-corrected chi connectivity index (χ0v) is 23.9. The van der Waals surface area contributed by atoms with E-state index in [-0.39, 0.29) is 18.9 Å². The molecule has 0 aromatic heterocycles. The number of hydrogen-bond donors (Lipinski definition) is 1. The number of thioether (sulfide) groups is 1. The lowest BCUT2D eigenvalue weighted by molar-refractivity contribution is -0.139. The van der Waals surface area contributed by atoms with Crippen LogP contribution in [0.15, 0.2) is 101 Å². The Hall–Kier alpha value is -4.50. The highest BCUT2D eigenvalue weighted by Gasteiger charge is 2.43. The van der Waals surface area contributed by atoms with E-state index in [1.165, 1.54) is 11.8 Å². The van der Waals surface area contributed by atoms with Gasteiger partial charge in [-0.25, -0.2) is 9.79 Å². The zero-order valence-electron chi connectivity index (χ0n) is 23.1. The van der Waals surface area contributed by atoms with Gasteiger partial charge in [-0.05, 0) is 24.0 Å². The predicted molar refractivity (Wildman–Crippen MR) is 160 cm³/mol. The van der Waals surface area contributed by atoms with E-state index < -0.39 is 12.0 Å². The van der Waals surface area contributed by atoms with Gasteiger partial charge in [0.2, 0.25) is 5.91 Å². The molecule has 1 atom stereocenters. The highest BCUT2D eigenvalue weighted by atomic mass is 32.2. The summed E-state index contributed by atoms with van der Waals surface area (Å²) in [6.45, 7) is 2.38. The van der Waals surface area contributed by atoms with Crippen molar-refractivity contribution in [2.24, 2.45) is 4.99 Å². The monoisotopic (exact) mass is 569 g/mol. The Morgan fingerprint density at radius 2 is 1.68 bits per heavy atom. The van der Waals surface area contributed by atoms with Gasteiger partial charge >= 0.3 is 5.97 Å². The molecule has 0 unspecified atom stereocenters. The molecule has 0 bridgehead atoms. The lowest BCUT2D eigenvalue weighted by Gasteiger charge is -2.37. The number of ether oxygens (including phenoxy) is 3. The van der Waals surface area contributed by atoms with Crippen molar-refractivity contribution in [1.29, 1.82) is 0 Å². The van der Waals surface area contributed by atoms with Crippen LogP contribution in [0.5, 0.6) is 11.5 Å². The quantitative estimate of drug-likeness (QED) is 0.314. The number of nitrogens with one attached hydrogen (secondary N) is 1. The third kappa shape index (κ3) is 5.85. The first-order valence-corrected chi connectivity index (χ1v) is 14.2. The number of carbonyl (C=O) groups excluding carboxylic acids is 2. The molecule has 8 nitrogen and oxygen atoms in total. The van der Waals surface area contributed by atoms with Gasteiger partial charge in [0.1, 0.15) is 0 Å². The van der Waals surface area contributed by atoms with Crippen LogP contribution in [0.25, 0.3) is 5.70 Å². The summed E-state index contributed by atoms with van der Waals surface area (Å²) in [6, 6.07) is 24.2. The number of hydrogen-bond acceptors (Lipinski definition) is 8. The number of para-hydroxylation sites is 1. The molecule has 0 aliphatic carbocycles. The number of aliphatic imine (C=N–C) groups is 1. The Morgan fingerprint density at radius 3 is 2.37 bits per heavy atom. The fraction of sp³-hybridized carbons (Fsp3) is 0.219. The van der Waals surface area contributed by atoms with Crippen LogP contribution in [0.4, 0.5) is 0 Å². The van der Waals surface area contributed by atoms with E-state index in [4.69, 9.17) is 19.2 Å². The predicted octanol–water partition coefficient (Wildman–Crippen LogP) is 5.69. The molecular weight excluding hydrogens is 538 g/mol. The molecule has 0 fully saturated rings. The van der Waals surface area contributed by atoms with Gasteiger partial charge in [-0.3, -0.25) is 4.79 Å². The van der Waals surface area contributed by atoms with Gasteiger partial charge in [-0.2, -0.15) is 0 Å². The number of methoxy groups -OCH3 is 2. The number of benzene rings is 3. The van der Waals surface area contributed by atoms with Gasteiger partial charge in [-0.15, -0.1) is 0 Å². The van der Waals surface area contributed by atoms with E-state index in [1.807, 2.05) is 83.1 Å². The number of amides is 1. The van der Waals surface area contributed by atoms with Crippen LogP contribution in [-0.4, -0.2) is 42.8 Å². The lowest BCUT2D eigenvalue weighted by atomic mass is 9.90. The van der Waals surface area contributed by atoms with Gasteiger partial charge in [0.15, 0.2) is 16.7 Å². The van der Waals surface area contributed by atoms with Crippen LogP contribution in [0.3, 0.4) is 0 Å². The van der Waals surface area contributed by atoms with Gasteiger partial charge in [0.05, 0.1) is 44.6 Å². The second kappa shape index (κ2) is 12.8. The van der Waals surface area contributed by atoms with Crippen molar-refractivity contribution in [3.05, 3.63) is 112 Å². The Bertz CT molecular complexity index is 1520. The van der Waals surface area contributed by atoms with Crippen LogP contribution in [0.1, 0.15) is 36.1 Å². The van der Waals surface area contributed by atoms with Crippen LogP contribution >= 0.6 is 11.8 Å². The fourth-order valence-corrected chi connectivity index (χ4v) is 5.85. The summed E-state index contributed by atoms with van der Waals surface area (Å²) < 4.78 is 17.0. The third-order valence-electron chi connectivity index (χ3n) is 6.75. The summed E-state index contributed by atoms with van der Waals surface area (Å²) in [6.07, 6.45) is 0.0956. The molecule has 41 heavy (non-hydrogen) atoms. The standard InChI is InChI=1S/C32H31N3O5S/c1-4-40-31(37)27-28(22-14-9-6-10-15-22)34-32-35(29(27)24-16-11-17-25(38-2)30(24)39-3)23(20-41-32)18-26(36)33-19-21-12-7-5-8-13-21/h5-17,20,29H,4,18-19H2,1-3H3,(H,33,36)/t29-/m1/s1. The fourth-order valence-electron chi connectivity index (χ4n) is 4.93. The van der Waals surface area contributed by atoms with Crippen LogP contribution in [0.2, 0.25) is 0 Å². The van der Waals surface area contributed by atoms with Crippen molar-refractivity contribution in [3.63, 3.8) is 0 Å². The minimum absolute atomic E-state index is 0.0956. The summed E-state index contributed by atoms with van der Waals surface area (Å²) in [4.78, 5) is 33.8. The van der Waals surface area contributed by atoms with Gasteiger partial charge in [0, 0.05) is 23.4 Å². The second-order valence-corrected chi connectivity index (χ2v) is 10.1. The van der Waals surface area contributed by atoms with E-state index >= 15 is 0 Å².